The maximum absolute atomic E-state index is 13.0. The number of amides is 1. The summed E-state index contributed by atoms with van der Waals surface area (Å²) in [5.74, 6) is -0.454. The maximum atomic E-state index is 13.0. The lowest BCUT2D eigenvalue weighted by molar-refractivity contribution is -0.165. The highest BCUT2D eigenvalue weighted by molar-refractivity contribution is 6.04. The summed E-state index contributed by atoms with van der Waals surface area (Å²) in [4.78, 5) is 25.3. The van der Waals surface area contributed by atoms with Crippen molar-refractivity contribution in [3.63, 3.8) is 0 Å². The number of carbonyl (C=O) groups excluding carboxylic acids is 2. The van der Waals surface area contributed by atoms with E-state index in [1.165, 1.54) is 0 Å². The average Bonchev–Trinajstić information content (AvgIpc) is 2.73. The molecular weight excluding hydrogens is 278 g/mol. The summed E-state index contributed by atoms with van der Waals surface area (Å²) in [6, 6.07) is 5.89. The number of rotatable bonds is 2. The minimum Gasteiger partial charge on any atom is -0.448 e. The summed E-state index contributed by atoms with van der Waals surface area (Å²) in [6.45, 7) is 9.77. The number of fused-ring (bicyclic) bond motifs is 2. The molecule has 4 heteroatoms. The Morgan fingerprint density at radius 2 is 1.73 bits per heavy atom. The normalized spacial score (nSPS) is 32.0. The summed E-state index contributed by atoms with van der Waals surface area (Å²) in [5.41, 5.74) is 0.672. The van der Waals surface area contributed by atoms with Gasteiger partial charge in [0.2, 0.25) is 0 Å². The molecule has 1 amide bonds. The molecule has 1 heterocycles. The van der Waals surface area contributed by atoms with Gasteiger partial charge in [0.1, 0.15) is 0 Å². The molecule has 1 saturated carbocycles. The van der Waals surface area contributed by atoms with Crippen LogP contribution in [0.4, 0.5) is 5.69 Å². The Kier molecular flexibility index (Phi) is 2.97. The number of ether oxygens (including phenoxy) is 1. The van der Waals surface area contributed by atoms with Gasteiger partial charge in [-0.15, -0.1) is 0 Å². The van der Waals surface area contributed by atoms with Crippen molar-refractivity contribution in [2.45, 2.75) is 53.1 Å². The number of anilines is 1. The van der Waals surface area contributed by atoms with Crippen LogP contribution in [-0.2, 0) is 14.3 Å². The van der Waals surface area contributed by atoms with Crippen LogP contribution in [0.15, 0.2) is 18.2 Å². The Morgan fingerprint density at radius 1 is 1.14 bits per heavy atom. The molecule has 2 aliphatic rings. The van der Waals surface area contributed by atoms with Gasteiger partial charge in [0.05, 0.1) is 5.41 Å². The molecule has 22 heavy (non-hydrogen) atoms. The number of hydrogen-bond acceptors (Lipinski definition) is 3. The number of nitrogens with one attached hydrogen (secondary N) is 1. The monoisotopic (exact) mass is 301 g/mol. The van der Waals surface area contributed by atoms with Crippen molar-refractivity contribution in [2.75, 3.05) is 5.32 Å². The van der Waals surface area contributed by atoms with Crippen molar-refractivity contribution >= 4 is 17.6 Å². The van der Waals surface area contributed by atoms with E-state index >= 15 is 0 Å². The quantitative estimate of drug-likeness (QED) is 0.852. The Balaban J connectivity index is 1.98. The first-order valence-electron chi connectivity index (χ1n) is 7.77. The first-order valence-corrected chi connectivity index (χ1v) is 7.77. The van der Waals surface area contributed by atoms with Crippen LogP contribution in [-0.4, -0.2) is 17.5 Å². The number of para-hydroxylation sites is 1. The fraction of sp³-hybridized carbons (Fsp3) is 0.556. The second-order valence-corrected chi connectivity index (χ2v) is 7.39. The summed E-state index contributed by atoms with van der Waals surface area (Å²) < 4.78 is 5.63. The van der Waals surface area contributed by atoms with Crippen LogP contribution >= 0.6 is 0 Å². The van der Waals surface area contributed by atoms with Crippen molar-refractivity contribution in [2.24, 2.45) is 10.8 Å². The van der Waals surface area contributed by atoms with Gasteiger partial charge in [-0.25, -0.2) is 0 Å². The van der Waals surface area contributed by atoms with Crippen LogP contribution in [0.25, 0.3) is 0 Å². The molecule has 0 aromatic heterocycles. The molecule has 0 radical (unpaired) electrons. The van der Waals surface area contributed by atoms with E-state index in [0.717, 1.165) is 16.8 Å². The molecule has 1 aromatic carbocycles. The molecule has 1 aliphatic heterocycles. The first-order chi connectivity index (χ1) is 10.2. The van der Waals surface area contributed by atoms with E-state index in [2.05, 4.69) is 5.32 Å². The van der Waals surface area contributed by atoms with E-state index in [1.54, 1.807) is 0 Å². The van der Waals surface area contributed by atoms with Crippen LogP contribution in [0.2, 0.25) is 0 Å². The van der Waals surface area contributed by atoms with Crippen molar-refractivity contribution in [3.8, 4) is 0 Å². The van der Waals surface area contributed by atoms with E-state index in [1.807, 2.05) is 52.8 Å². The molecule has 3 rings (SSSR count). The van der Waals surface area contributed by atoms with Crippen LogP contribution in [0.3, 0.4) is 0 Å². The maximum Gasteiger partial charge on any atom is 0.313 e. The summed E-state index contributed by atoms with van der Waals surface area (Å²) >= 11 is 0. The van der Waals surface area contributed by atoms with E-state index < -0.39 is 16.4 Å². The van der Waals surface area contributed by atoms with Gasteiger partial charge in [-0.2, -0.15) is 0 Å². The lowest BCUT2D eigenvalue weighted by atomic mass is 9.66. The minimum absolute atomic E-state index is 0.204. The van der Waals surface area contributed by atoms with Crippen molar-refractivity contribution in [1.82, 2.24) is 0 Å². The van der Waals surface area contributed by atoms with Gasteiger partial charge >= 0.3 is 5.97 Å². The Bertz CT molecular complexity index is 659. The number of benzene rings is 1. The molecule has 4 nitrogen and oxygen atoms in total. The molecule has 2 fully saturated rings. The van der Waals surface area contributed by atoms with E-state index in [0.29, 0.717) is 12.8 Å². The number of hydrogen-bond donors (Lipinski definition) is 1. The second kappa shape index (κ2) is 4.34. The van der Waals surface area contributed by atoms with Crippen LogP contribution < -0.4 is 5.32 Å². The standard InChI is InChI=1S/C18H23NO3/c1-11-7-6-8-12(2)13(11)19-14(20)18-10-9-17(5,15(21)22-18)16(18,3)4/h6-8H,9-10H2,1-5H3,(H,19,20)/t17-,18+/m0/s1. The SMILES string of the molecule is Cc1cccc(C)c1NC(=O)[C@@]12CC[C@@](C)(C(=O)O1)C2(C)C. The van der Waals surface area contributed by atoms with Gasteiger partial charge in [0.25, 0.3) is 5.91 Å². The van der Waals surface area contributed by atoms with E-state index in [4.69, 9.17) is 4.74 Å². The zero-order valence-electron chi connectivity index (χ0n) is 13.9. The fourth-order valence-electron chi connectivity index (χ4n) is 3.97. The predicted octanol–water partition coefficient (Wildman–Crippen LogP) is 3.36. The molecule has 0 unspecified atom stereocenters. The summed E-state index contributed by atoms with van der Waals surface area (Å²) in [7, 11) is 0. The van der Waals surface area contributed by atoms with Crippen molar-refractivity contribution in [3.05, 3.63) is 29.3 Å². The van der Waals surface area contributed by atoms with Crippen LogP contribution in [0.5, 0.6) is 0 Å². The molecule has 1 aromatic rings. The lowest BCUT2D eigenvalue weighted by Crippen LogP contribution is -2.50. The number of aryl methyl sites for hydroxylation is 2. The highest BCUT2D eigenvalue weighted by atomic mass is 16.6. The zero-order chi connectivity index (χ0) is 16.3. The molecule has 118 valence electrons. The Morgan fingerprint density at radius 3 is 2.18 bits per heavy atom. The third-order valence-electron chi connectivity index (χ3n) is 6.17. The summed E-state index contributed by atoms with van der Waals surface area (Å²) in [6.07, 6.45) is 1.28. The number of esters is 1. The fourth-order valence-corrected chi connectivity index (χ4v) is 3.97. The van der Waals surface area contributed by atoms with Gasteiger partial charge in [-0.05, 0) is 44.7 Å². The highest BCUT2D eigenvalue weighted by Gasteiger charge is 2.75. The molecule has 1 N–H and O–H groups in total. The minimum atomic E-state index is -1.06. The molecule has 2 atom stereocenters. The highest BCUT2D eigenvalue weighted by Crippen LogP contribution is 2.65. The predicted molar refractivity (Wildman–Crippen MR) is 84.5 cm³/mol. The third kappa shape index (κ3) is 1.58. The van der Waals surface area contributed by atoms with Crippen LogP contribution in [0.1, 0.15) is 44.7 Å². The van der Waals surface area contributed by atoms with Gasteiger partial charge < -0.3 is 10.1 Å². The zero-order valence-corrected chi connectivity index (χ0v) is 13.9. The molecule has 0 spiro atoms. The van der Waals surface area contributed by atoms with Crippen molar-refractivity contribution < 1.29 is 14.3 Å². The van der Waals surface area contributed by atoms with Gasteiger partial charge in [-0.1, -0.05) is 32.0 Å². The Hall–Kier alpha value is -1.84. The van der Waals surface area contributed by atoms with Gasteiger partial charge in [0.15, 0.2) is 5.60 Å². The third-order valence-corrected chi connectivity index (χ3v) is 6.17. The average molecular weight is 301 g/mol. The molecule has 1 saturated heterocycles. The molecular formula is C18H23NO3. The topological polar surface area (TPSA) is 55.4 Å². The molecule has 1 aliphatic carbocycles. The van der Waals surface area contributed by atoms with Crippen molar-refractivity contribution in [1.29, 1.82) is 0 Å². The van der Waals surface area contributed by atoms with Gasteiger partial charge in [-0.3, -0.25) is 9.59 Å². The Labute approximate surface area is 131 Å². The van der Waals surface area contributed by atoms with E-state index in [9.17, 15) is 9.59 Å². The van der Waals surface area contributed by atoms with Gasteiger partial charge in [0, 0.05) is 11.1 Å². The summed E-state index contributed by atoms with van der Waals surface area (Å²) in [5, 5.41) is 3.02. The number of carbonyl (C=O) groups is 2. The largest absolute Gasteiger partial charge is 0.448 e. The van der Waals surface area contributed by atoms with E-state index in [-0.39, 0.29) is 11.9 Å². The lowest BCUT2D eigenvalue weighted by Gasteiger charge is -2.35. The second-order valence-electron chi connectivity index (χ2n) is 7.39. The van der Waals surface area contributed by atoms with Crippen LogP contribution in [0, 0.1) is 24.7 Å². The molecule has 2 bridgehead atoms. The first kappa shape index (κ1) is 15.1. The smallest absolute Gasteiger partial charge is 0.313 e.